The monoisotopic (exact) mass is 409 g/mol. The van der Waals surface area contributed by atoms with Crippen molar-refractivity contribution in [3.63, 3.8) is 0 Å². The van der Waals surface area contributed by atoms with Crippen LogP contribution in [0.25, 0.3) is 10.9 Å². The lowest BCUT2D eigenvalue weighted by Crippen LogP contribution is -2.25. The molecule has 0 saturated carbocycles. The van der Waals surface area contributed by atoms with Gasteiger partial charge in [0.05, 0.1) is 15.2 Å². The Morgan fingerprint density at radius 3 is 3.05 bits per heavy atom. The van der Waals surface area contributed by atoms with Gasteiger partial charge in [0.1, 0.15) is 5.52 Å². The summed E-state index contributed by atoms with van der Waals surface area (Å²) >= 11 is 8.04. The smallest absolute Gasteiger partial charge is 0.381 e. The Morgan fingerprint density at radius 1 is 1.60 bits per heavy atom. The summed E-state index contributed by atoms with van der Waals surface area (Å²) in [6, 6.07) is 5.08. The molecule has 2 rings (SSSR count). The number of halogens is 3. The van der Waals surface area contributed by atoms with E-state index in [4.69, 9.17) is 16.3 Å². The minimum Gasteiger partial charge on any atom is -0.461 e. The first-order valence-electron chi connectivity index (χ1n) is 5.74. The molecular formula is C13H10ClFINO3. The fourth-order valence-corrected chi connectivity index (χ4v) is 2.76. The van der Waals surface area contributed by atoms with Crippen molar-refractivity contribution >= 4 is 51.1 Å². The maximum atomic E-state index is 13.7. The molecule has 0 fully saturated rings. The minimum absolute atomic E-state index is 0.0827. The van der Waals surface area contributed by atoms with Crippen molar-refractivity contribution in [3.8, 4) is 5.75 Å². The number of alkyl halides is 1. The molecule has 20 heavy (non-hydrogen) atoms. The summed E-state index contributed by atoms with van der Waals surface area (Å²) in [7, 11) is 0. The van der Waals surface area contributed by atoms with Crippen LogP contribution in [0, 0.1) is 3.57 Å². The van der Waals surface area contributed by atoms with E-state index in [0.717, 1.165) is 0 Å². The molecule has 0 amide bonds. The molecule has 1 aromatic carbocycles. The van der Waals surface area contributed by atoms with Crippen LogP contribution in [-0.4, -0.2) is 23.9 Å². The van der Waals surface area contributed by atoms with Gasteiger partial charge in [-0.1, -0.05) is 11.6 Å². The van der Waals surface area contributed by atoms with Crippen LogP contribution in [-0.2, 0) is 9.53 Å². The van der Waals surface area contributed by atoms with Gasteiger partial charge in [0.2, 0.25) is 0 Å². The normalized spacial score (nSPS) is 12.2. The van der Waals surface area contributed by atoms with Crippen LogP contribution >= 0.6 is 34.2 Å². The third-order valence-corrected chi connectivity index (χ3v) is 3.56. The predicted molar refractivity (Wildman–Crippen MR) is 81.6 cm³/mol. The van der Waals surface area contributed by atoms with E-state index in [1.807, 2.05) is 22.6 Å². The van der Waals surface area contributed by atoms with Crippen LogP contribution < -0.4 is 4.74 Å². The molecule has 1 unspecified atom stereocenters. The lowest BCUT2D eigenvalue weighted by molar-refractivity contribution is -0.159. The van der Waals surface area contributed by atoms with Gasteiger partial charge >= 0.3 is 12.3 Å². The molecule has 0 bridgehead atoms. The zero-order chi connectivity index (χ0) is 14.7. The van der Waals surface area contributed by atoms with E-state index >= 15 is 0 Å². The quantitative estimate of drug-likeness (QED) is 0.570. The lowest BCUT2D eigenvalue weighted by Gasteiger charge is -2.14. The van der Waals surface area contributed by atoms with E-state index in [1.54, 1.807) is 31.3 Å². The van der Waals surface area contributed by atoms with Gasteiger partial charge in [0.25, 0.3) is 0 Å². The largest absolute Gasteiger partial charge is 0.461 e. The van der Waals surface area contributed by atoms with E-state index in [-0.39, 0.29) is 12.4 Å². The van der Waals surface area contributed by atoms with Gasteiger partial charge in [-0.25, -0.2) is 4.79 Å². The second-order valence-corrected chi connectivity index (χ2v) is 5.32. The first-order valence-corrected chi connectivity index (χ1v) is 7.20. The van der Waals surface area contributed by atoms with Gasteiger partial charge in [-0.15, -0.1) is 0 Å². The summed E-state index contributed by atoms with van der Waals surface area (Å²) in [6.45, 7) is 1.67. The van der Waals surface area contributed by atoms with E-state index in [9.17, 15) is 9.18 Å². The number of ether oxygens (including phenoxy) is 2. The van der Waals surface area contributed by atoms with Crippen molar-refractivity contribution in [2.24, 2.45) is 0 Å². The topological polar surface area (TPSA) is 48.4 Å². The summed E-state index contributed by atoms with van der Waals surface area (Å²) in [5, 5.41) is 1.11. The molecule has 0 aliphatic rings. The molecule has 2 aromatic rings. The molecule has 7 heteroatoms. The summed E-state index contributed by atoms with van der Waals surface area (Å²) in [5.74, 6) is -0.895. The number of fused-ring (bicyclic) bond motifs is 1. The Hall–Kier alpha value is -1.15. The van der Waals surface area contributed by atoms with Crippen molar-refractivity contribution < 1.29 is 18.7 Å². The molecule has 0 aliphatic carbocycles. The summed E-state index contributed by atoms with van der Waals surface area (Å²) < 4.78 is 23.9. The Balaban J connectivity index is 2.41. The van der Waals surface area contributed by atoms with E-state index in [1.165, 1.54) is 0 Å². The van der Waals surface area contributed by atoms with Crippen LogP contribution in [0.1, 0.15) is 6.92 Å². The Kier molecular flexibility index (Phi) is 4.98. The SMILES string of the molecule is CCOC(=O)C(F)Oc1c(I)cc(Cl)c2cccnc12. The number of aromatic nitrogens is 1. The number of pyridine rings is 1. The molecule has 1 aromatic heterocycles. The van der Waals surface area contributed by atoms with Crippen LogP contribution in [0.2, 0.25) is 5.02 Å². The number of benzene rings is 1. The van der Waals surface area contributed by atoms with Crippen molar-refractivity contribution in [2.75, 3.05) is 6.61 Å². The number of rotatable bonds is 4. The lowest BCUT2D eigenvalue weighted by atomic mass is 10.2. The van der Waals surface area contributed by atoms with Gasteiger partial charge in [0, 0.05) is 11.6 Å². The molecule has 4 nitrogen and oxygen atoms in total. The number of hydrogen-bond donors (Lipinski definition) is 0. The first-order chi connectivity index (χ1) is 9.54. The molecule has 0 N–H and O–H groups in total. The highest BCUT2D eigenvalue weighted by Gasteiger charge is 2.23. The average Bonchev–Trinajstić information content (AvgIpc) is 2.43. The number of hydrogen-bond acceptors (Lipinski definition) is 4. The van der Waals surface area contributed by atoms with E-state index in [2.05, 4.69) is 9.72 Å². The standard InChI is InChI=1S/C13H10ClFINO3/c1-2-19-13(18)12(15)20-11-9(16)6-8(14)7-4-3-5-17-10(7)11/h3-6,12H,2H2,1H3. The van der Waals surface area contributed by atoms with Crippen LogP contribution in [0.5, 0.6) is 5.75 Å². The number of carbonyl (C=O) groups is 1. The summed E-state index contributed by atoms with van der Waals surface area (Å²) in [5.41, 5.74) is 0.399. The zero-order valence-electron chi connectivity index (χ0n) is 10.4. The van der Waals surface area contributed by atoms with Crippen molar-refractivity contribution in [1.82, 2.24) is 4.98 Å². The van der Waals surface area contributed by atoms with E-state index < -0.39 is 12.3 Å². The fraction of sp³-hybridized carbons (Fsp3) is 0.231. The highest BCUT2D eigenvalue weighted by Crippen LogP contribution is 2.35. The van der Waals surface area contributed by atoms with Gasteiger partial charge in [-0.3, -0.25) is 4.98 Å². The van der Waals surface area contributed by atoms with Crippen molar-refractivity contribution in [2.45, 2.75) is 13.3 Å². The predicted octanol–water partition coefficient (Wildman–Crippen LogP) is 3.73. The zero-order valence-corrected chi connectivity index (χ0v) is 13.3. The molecule has 0 aliphatic heterocycles. The fourth-order valence-electron chi connectivity index (χ4n) is 1.62. The molecule has 0 saturated heterocycles. The second-order valence-electron chi connectivity index (χ2n) is 3.75. The van der Waals surface area contributed by atoms with Crippen LogP contribution in [0.15, 0.2) is 24.4 Å². The summed E-state index contributed by atoms with van der Waals surface area (Å²) in [4.78, 5) is 15.4. The number of esters is 1. The summed E-state index contributed by atoms with van der Waals surface area (Å²) in [6.07, 6.45) is -0.658. The Labute approximate surface area is 133 Å². The van der Waals surface area contributed by atoms with Crippen molar-refractivity contribution in [3.05, 3.63) is 33.0 Å². The molecule has 106 valence electrons. The first kappa shape index (κ1) is 15.2. The Bertz CT molecular complexity index is 653. The number of nitrogens with zero attached hydrogens (tertiary/aromatic N) is 1. The van der Waals surface area contributed by atoms with Gasteiger partial charge < -0.3 is 9.47 Å². The Morgan fingerprint density at radius 2 is 2.35 bits per heavy atom. The van der Waals surface area contributed by atoms with Crippen LogP contribution in [0.4, 0.5) is 4.39 Å². The number of carbonyl (C=O) groups excluding carboxylic acids is 1. The molecule has 1 heterocycles. The third-order valence-electron chi connectivity index (χ3n) is 2.44. The van der Waals surface area contributed by atoms with Gasteiger partial charge in [-0.05, 0) is 47.7 Å². The maximum absolute atomic E-state index is 13.7. The minimum atomic E-state index is -2.20. The molecular weight excluding hydrogens is 400 g/mol. The average molecular weight is 410 g/mol. The van der Waals surface area contributed by atoms with Crippen LogP contribution in [0.3, 0.4) is 0 Å². The van der Waals surface area contributed by atoms with Gasteiger partial charge in [-0.2, -0.15) is 4.39 Å². The molecule has 0 spiro atoms. The third kappa shape index (κ3) is 3.12. The second kappa shape index (κ2) is 6.53. The maximum Gasteiger partial charge on any atom is 0.381 e. The highest BCUT2D eigenvalue weighted by atomic mass is 127. The highest BCUT2D eigenvalue weighted by molar-refractivity contribution is 14.1. The molecule has 1 atom stereocenters. The van der Waals surface area contributed by atoms with E-state index in [0.29, 0.717) is 19.5 Å². The molecule has 0 radical (unpaired) electrons. The van der Waals surface area contributed by atoms with Gasteiger partial charge in [0.15, 0.2) is 5.75 Å². The van der Waals surface area contributed by atoms with Crippen molar-refractivity contribution in [1.29, 1.82) is 0 Å².